The summed E-state index contributed by atoms with van der Waals surface area (Å²) in [6, 6.07) is 15.3. The van der Waals surface area contributed by atoms with Gasteiger partial charge in [-0.15, -0.1) is 0 Å². The minimum atomic E-state index is -3.58. The maximum Gasteiger partial charge on any atom is 0.243 e. The topological polar surface area (TPSA) is 69.7 Å². The molecule has 2 aliphatic heterocycles. The Balaban J connectivity index is 1.32. The number of nitrogens with zero attached hydrogens (tertiary/aromatic N) is 2. The molecule has 0 unspecified atom stereocenters. The maximum atomic E-state index is 13.0. The highest BCUT2D eigenvalue weighted by atomic mass is 32.2. The fourth-order valence-electron chi connectivity index (χ4n) is 4.82. The van der Waals surface area contributed by atoms with E-state index in [0.29, 0.717) is 25.9 Å². The molecule has 1 amide bonds. The van der Waals surface area contributed by atoms with Crippen LogP contribution in [0.2, 0.25) is 0 Å². The van der Waals surface area contributed by atoms with Crippen molar-refractivity contribution in [1.29, 1.82) is 0 Å². The molecule has 0 aromatic heterocycles. The van der Waals surface area contributed by atoms with E-state index in [-0.39, 0.29) is 23.3 Å². The zero-order valence-electron chi connectivity index (χ0n) is 19.7. The number of rotatable bonds is 6. The molecule has 1 N–H and O–H groups in total. The number of hydrogen-bond acceptors (Lipinski definition) is 4. The monoisotopic (exact) mass is 469 g/mol. The van der Waals surface area contributed by atoms with Crippen LogP contribution in [-0.4, -0.2) is 44.8 Å². The number of aryl methyl sites for hydroxylation is 1. The van der Waals surface area contributed by atoms with Crippen molar-refractivity contribution in [2.24, 2.45) is 11.8 Å². The van der Waals surface area contributed by atoms with Crippen LogP contribution in [-0.2, 0) is 21.4 Å². The van der Waals surface area contributed by atoms with Gasteiger partial charge in [0.25, 0.3) is 0 Å². The van der Waals surface area contributed by atoms with E-state index in [1.807, 2.05) is 6.92 Å². The Morgan fingerprint density at radius 3 is 2.36 bits per heavy atom. The molecule has 33 heavy (non-hydrogen) atoms. The number of nitrogens with one attached hydrogen (secondary N) is 1. The smallest absolute Gasteiger partial charge is 0.243 e. The molecule has 0 saturated carbocycles. The van der Waals surface area contributed by atoms with Crippen molar-refractivity contribution in [2.45, 2.75) is 51.0 Å². The Kier molecular flexibility index (Phi) is 7.39. The lowest BCUT2D eigenvalue weighted by atomic mass is 9.98. The number of amides is 1. The van der Waals surface area contributed by atoms with Crippen molar-refractivity contribution >= 4 is 21.6 Å². The average molecular weight is 470 g/mol. The molecule has 2 saturated heterocycles. The third kappa shape index (κ3) is 5.76. The first-order chi connectivity index (χ1) is 15.8. The molecule has 2 aromatic carbocycles. The fraction of sp³-hybridized carbons (Fsp3) is 0.500. The van der Waals surface area contributed by atoms with Gasteiger partial charge >= 0.3 is 0 Å². The van der Waals surface area contributed by atoms with Crippen molar-refractivity contribution < 1.29 is 13.2 Å². The molecular formula is C26H35N3O3S. The van der Waals surface area contributed by atoms with Crippen LogP contribution in [0.15, 0.2) is 53.4 Å². The molecule has 2 atom stereocenters. The summed E-state index contributed by atoms with van der Waals surface area (Å²) >= 11 is 0. The second kappa shape index (κ2) is 10.3. The minimum absolute atomic E-state index is 0.0762. The number of sulfonamides is 1. The Hall–Kier alpha value is -2.38. The van der Waals surface area contributed by atoms with Crippen LogP contribution in [0, 0.1) is 18.8 Å². The van der Waals surface area contributed by atoms with Gasteiger partial charge in [-0.25, -0.2) is 8.42 Å². The quantitative estimate of drug-likeness (QED) is 0.696. The number of carbonyl (C=O) groups excluding carboxylic acids is 1. The number of piperidine rings is 2. The second-order valence-electron chi connectivity index (χ2n) is 9.59. The first-order valence-corrected chi connectivity index (χ1v) is 13.5. The third-order valence-corrected chi connectivity index (χ3v) is 8.72. The van der Waals surface area contributed by atoms with Gasteiger partial charge in [0.1, 0.15) is 0 Å². The molecule has 0 spiro atoms. The summed E-state index contributed by atoms with van der Waals surface area (Å²) in [5.74, 6) is 0.323. The van der Waals surface area contributed by atoms with Crippen molar-refractivity contribution in [3.05, 3.63) is 59.7 Å². The Morgan fingerprint density at radius 1 is 0.970 bits per heavy atom. The molecule has 0 aliphatic carbocycles. The fourth-order valence-corrected chi connectivity index (χ4v) is 6.34. The van der Waals surface area contributed by atoms with Crippen LogP contribution < -0.4 is 10.2 Å². The molecule has 2 aliphatic rings. The van der Waals surface area contributed by atoms with Crippen LogP contribution in [0.25, 0.3) is 0 Å². The summed E-state index contributed by atoms with van der Waals surface area (Å²) in [6.45, 7) is 7.57. The van der Waals surface area contributed by atoms with E-state index in [1.54, 1.807) is 24.3 Å². The van der Waals surface area contributed by atoms with E-state index in [4.69, 9.17) is 0 Å². The first-order valence-electron chi connectivity index (χ1n) is 12.0. The predicted octanol–water partition coefficient (Wildman–Crippen LogP) is 3.95. The first kappa shape index (κ1) is 23.8. The zero-order valence-corrected chi connectivity index (χ0v) is 20.5. The van der Waals surface area contributed by atoms with Crippen molar-refractivity contribution in [1.82, 2.24) is 9.62 Å². The van der Waals surface area contributed by atoms with Crippen molar-refractivity contribution in [3.63, 3.8) is 0 Å². The molecule has 7 heteroatoms. The largest absolute Gasteiger partial charge is 0.371 e. The highest BCUT2D eigenvalue weighted by Gasteiger charge is 2.33. The maximum absolute atomic E-state index is 13.0. The van der Waals surface area contributed by atoms with Gasteiger partial charge in [0.05, 0.1) is 10.8 Å². The second-order valence-corrected chi connectivity index (χ2v) is 11.5. The Bertz CT molecular complexity index is 1050. The van der Waals surface area contributed by atoms with Gasteiger partial charge in [-0.1, -0.05) is 36.8 Å². The average Bonchev–Trinajstić information content (AvgIpc) is 2.83. The molecule has 2 heterocycles. The highest BCUT2D eigenvalue weighted by Crippen LogP contribution is 2.25. The predicted molar refractivity (Wildman–Crippen MR) is 132 cm³/mol. The van der Waals surface area contributed by atoms with E-state index in [1.165, 1.54) is 22.8 Å². The van der Waals surface area contributed by atoms with Crippen LogP contribution in [0.3, 0.4) is 0 Å². The summed E-state index contributed by atoms with van der Waals surface area (Å²) in [5.41, 5.74) is 3.31. The number of anilines is 1. The highest BCUT2D eigenvalue weighted by molar-refractivity contribution is 7.89. The number of carbonyl (C=O) groups is 1. The Morgan fingerprint density at radius 2 is 1.67 bits per heavy atom. The van der Waals surface area contributed by atoms with E-state index < -0.39 is 10.0 Å². The lowest BCUT2D eigenvalue weighted by Gasteiger charge is -2.33. The lowest BCUT2D eigenvalue weighted by Crippen LogP contribution is -2.45. The summed E-state index contributed by atoms with van der Waals surface area (Å²) in [4.78, 5) is 15.6. The van der Waals surface area contributed by atoms with Crippen LogP contribution in [0.5, 0.6) is 0 Å². The summed E-state index contributed by atoms with van der Waals surface area (Å²) < 4.78 is 27.5. The number of benzene rings is 2. The third-order valence-electron chi connectivity index (χ3n) is 6.84. The molecule has 2 aromatic rings. The van der Waals surface area contributed by atoms with Crippen LogP contribution >= 0.6 is 0 Å². The standard InChI is InChI=1S/C26H35N3O3S/c1-20-7-13-25(14-8-20)33(31,32)29-16-4-6-23(19-29)26(30)27-17-22-9-11-24(12-10-22)28-15-3-5-21(2)18-28/h7-14,21,23H,3-6,15-19H2,1-2H3,(H,27,30)/t21-,23-/m0/s1. The molecule has 4 rings (SSSR count). The zero-order chi connectivity index (χ0) is 23.4. The van der Waals surface area contributed by atoms with Gasteiger partial charge in [0, 0.05) is 38.4 Å². The molecule has 2 fully saturated rings. The summed E-state index contributed by atoms with van der Waals surface area (Å²) in [5, 5.41) is 3.02. The molecule has 178 valence electrons. The van der Waals surface area contributed by atoms with E-state index in [9.17, 15) is 13.2 Å². The van der Waals surface area contributed by atoms with Gasteiger partial charge in [-0.2, -0.15) is 4.31 Å². The lowest BCUT2D eigenvalue weighted by molar-refractivity contribution is -0.126. The molecule has 6 nitrogen and oxygen atoms in total. The molecule has 0 radical (unpaired) electrons. The van der Waals surface area contributed by atoms with Crippen LogP contribution in [0.1, 0.15) is 43.7 Å². The number of hydrogen-bond donors (Lipinski definition) is 1. The van der Waals surface area contributed by atoms with E-state index in [2.05, 4.69) is 41.4 Å². The van der Waals surface area contributed by atoms with Crippen molar-refractivity contribution in [3.8, 4) is 0 Å². The molecule has 0 bridgehead atoms. The van der Waals surface area contributed by atoms with Gasteiger partial charge < -0.3 is 10.2 Å². The SMILES string of the molecule is Cc1ccc(S(=O)(=O)N2CCC[C@H](C(=O)NCc3ccc(N4CCC[C@H](C)C4)cc3)C2)cc1. The molecular weight excluding hydrogens is 434 g/mol. The van der Waals surface area contributed by atoms with E-state index in [0.717, 1.165) is 30.1 Å². The normalized spacial score (nSPS) is 22.2. The minimum Gasteiger partial charge on any atom is -0.371 e. The van der Waals surface area contributed by atoms with Crippen molar-refractivity contribution in [2.75, 3.05) is 31.1 Å². The Labute approximate surface area is 198 Å². The van der Waals surface area contributed by atoms with Gasteiger partial charge in [0.15, 0.2) is 0 Å². The van der Waals surface area contributed by atoms with Gasteiger partial charge in [0.2, 0.25) is 15.9 Å². The van der Waals surface area contributed by atoms with Gasteiger partial charge in [-0.3, -0.25) is 4.79 Å². The summed E-state index contributed by atoms with van der Waals surface area (Å²) in [6.07, 6.45) is 3.92. The van der Waals surface area contributed by atoms with Crippen LogP contribution in [0.4, 0.5) is 5.69 Å². The summed E-state index contributed by atoms with van der Waals surface area (Å²) in [7, 11) is -3.58. The van der Waals surface area contributed by atoms with E-state index >= 15 is 0 Å². The van der Waals surface area contributed by atoms with Gasteiger partial charge in [-0.05, 0) is 68.4 Å².